The van der Waals surface area contributed by atoms with Crippen LogP contribution in [0.1, 0.15) is 79.8 Å². The number of nitrogens with zero attached hydrogens (tertiary/aromatic N) is 1. The van der Waals surface area contributed by atoms with Crippen molar-refractivity contribution in [1.82, 2.24) is 4.72 Å². The van der Waals surface area contributed by atoms with Crippen LogP contribution >= 0.6 is 11.6 Å². The van der Waals surface area contributed by atoms with Crippen LogP contribution in [0.4, 0.5) is 5.69 Å². The monoisotopic (exact) mass is 624 g/mol. The fourth-order valence-electron chi connectivity index (χ4n) is 8.65. The highest BCUT2D eigenvalue weighted by Crippen LogP contribution is 2.48. The van der Waals surface area contributed by atoms with Gasteiger partial charge in [-0.05, 0) is 110 Å². The SMILES string of the molecule is CC12C/C=C/[C@H](O)[C@@H]3CC[C@H]3CN3C[C@@]4(CCCc5cc(Cl)ccc54)COc4ccc(cc43)C(=O)NS(=O)(=O)[C@H]1CCC2. The molecule has 0 aromatic heterocycles. The maximum absolute atomic E-state index is 13.6. The van der Waals surface area contributed by atoms with Gasteiger partial charge in [-0.1, -0.05) is 43.2 Å². The Morgan fingerprint density at radius 2 is 1.95 bits per heavy atom. The number of carbonyl (C=O) groups is 1. The normalized spacial score (nSPS) is 35.8. The molecule has 2 bridgehead atoms. The van der Waals surface area contributed by atoms with Crippen LogP contribution in [0.15, 0.2) is 48.6 Å². The van der Waals surface area contributed by atoms with Gasteiger partial charge < -0.3 is 14.7 Å². The molecule has 1 spiro atoms. The number of hydrogen-bond donors (Lipinski definition) is 2. The van der Waals surface area contributed by atoms with Crippen LogP contribution in [0.5, 0.6) is 5.75 Å². The molecule has 230 valence electrons. The third-order valence-corrected chi connectivity index (χ3v) is 13.4. The molecular formula is C34H41ClN2O5S. The first-order valence-corrected chi connectivity index (χ1v) is 17.7. The van der Waals surface area contributed by atoms with E-state index in [1.54, 1.807) is 12.1 Å². The number of halogens is 1. The summed E-state index contributed by atoms with van der Waals surface area (Å²) >= 11 is 6.40. The third kappa shape index (κ3) is 5.17. The van der Waals surface area contributed by atoms with Crippen molar-refractivity contribution in [3.05, 3.63) is 70.3 Å². The van der Waals surface area contributed by atoms with E-state index in [1.807, 2.05) is 31.2 Å². The fourth-order valence-corrected chi connectivity index (χ4v) is 10.8. The van der Waals surface area contributed by atoms with Gasteiger partial charge in [-0.15, -0.1) is 0 Å². The number of benzene rings is 2. The summed E-state index contributed by atoms with van der Waals surface area (Å²) in [6.45, 7) is 3.92. The van der Waals surface area contributed by atoms with Crippen LogP contribution in [-0.2, 0) is 21.9 Å². The second-order valence-corrected chi connectivity index (χ2v) is 16.2. The lowest BCUT2D eigenvalue weighted by atomic mass is 9.68. The third-order valence-electron chi connectivity index (χ3n) is 11.2. The zero-order chi connectivity index (χ0) is 30.0. The number of fused-ring (bicyclic) bond motifs is 5. The van der Waals surface area contributed by atoms with E-state index in [0.717, 1.165) is 62.2 Å². The van der Waals surface area contributed by atoms with Gasteiger partial charge in [0.1, 0.15) is 5.75 Å². The Bertz CT molecular complexity index is 1580. The number of aliphatic hydroxyl groups is 1. The number of carbonyl (C=O) groups excluding carboxylic acids is 1. The molecule has 5 aliphatic rings. The molecule has 2 aromatic rings. The molecule has 7 nitrogen and oxygen atoms in total. The smallest absolute Gasteiger partial charge is 0.264 e. The van der Waals surface area contributed by atoms with Crippen molar-refractivity contribution in [1.29, 1.82) is 0 Å². The summed E-state index contributed by atoms with van der Waals surface area (Å²) in [5.41, 5.74) is 2.88. The maximum Gasteiger partial charge on any atom is 0.264 e. The van der Waals surface area contributed by atoms with Crippen molar-refractivity contribution in [3.8, 4) is 5.75 Å². The first-order chi connectivity index (χ1) is 20.6. The van der Waals surface area contributed by atoms with Crippen molar-refractivity contribution >= 4 is 33.2 Å². The van der Waals surface area contributed by atoms with E-state index in [4.69, 9.17) is 16.3 Å². The quantitative estimate of drug-likeness (QED) is 0.361. The molecule has 2 N–H and O–H groups in total. The number of aryl methyl sites for hydroxylation is 1. The maximum atomic E-state index is 13.6. The van der Waals surface area contributed by atoms with E-state index in [0.29, 0.717) is 37.3 Å². The van der Waals surface area contributed by atoms with E-state index >= 15 is 0 Å². The largest absolute Gasteiger partial charge is 0.490 e. The van der Waals surface area contributed by atoms with E-state index in [-0.39, 0.29) is 17.3 Å². The van der Waals surface area contributed by atoms with Crippen molar-refractivity contribution in [2.45, 2.75) is 81.5 Å². The van der Waals surface area contributed by atoms with Gasteiger partial charge in [0.25, 0.3) is 5.91 Å². The van der Waals surface area contributed by atoms with E-state index in [9.17, 15) is 18.3 Å². The molecule has 7 rings (SSSR count). The molecule has 9 heteroatoms. The number of allylic oxidation sites excluding steroid dienone is 1. The van der Waals surface area contributed by atoms with Crippen molar-refractivity contribution in [3.63, 3.8) is 0 Å². The summed E-state index contributed by atoms with van der Waals surface area (Å²) in [6, 6.07) is 11.5. The lowest BCUT2D eigenvalue weighted by Gasteiger charge is -2.45. The van der Waals surface area contributed by atoms with Crippen molar-refractivity contribution < 1.29 is 23.1 Å². The van der Waals surface area contributed by atoms with Gasteiger partial charge in [0.05, 0.1) is 23.6 Å². The molecule has 2 fully saturated rings. The Morgan fingerprint density at radius 1 is 1.09 bits per heavy atom. The molecule has 1 amide bonds. The molecule has 3 aliphatic carbocycles. The second-order valence-electron chi connectivity index (χ2n) is 13.9. The molecule has 6 atom stereocenters. The topological polar surface area (TPSA) is 95.9 Å². The Hall–Kier alpha value is -2.55. The van der Waals surface area contributed by atoms with Gasteiger partial charge in [0.2, 0.25) is 10.0 Å². The Labute approximate surface area is 259 Å². The number of amides is 1. The van der Waals surface area contributed by atoms with E-state index in [1.165, 1.54) is 11.1 Å². The summed E-state index contributed by atoms with van der Waals surface area (Å²) in [5.74, 6) is 0.510. The number of nitrogens with one attached hydrogen (secondary N) is 1. The fraction of sp³-hybridized carbons (Fsp3) is 0.559. The first kappa shape index (κ1) is 29.2. The standard InChI is InChI=1S/C34H41ClN2O5S/c1-33-14-3-6-29(38)26-11-8-24(26)19-37-20-34(16-2-5-22-17-25(35)10-12-27(22)34)21-42-30-13-9-23(18-28(30)37)32(39)36-43(40,41)31(33)7-4-15-33/h3,6,9-10,12-13,17-18,24,26,29,31,38H,2,4-5,7-8,11,14-16,19-21H2,1H3,(H,36,39)/b6-3+/t24-,26+,29-,31-,33?,34-/m0/s1. The predicted octanol–water partition coefficient (Wildman–Crippen LogP) is 5.78. The average Bonchev–Trinajstić information content (AvgIpc) is 3.27. The average molecular weight is 625 g/mol. The van der Waals surface area contributed by atoms with Gasteiger partial charge in [-0.25, -0.2) is 13.1 Å². The van der Waals surface area contributed by atoms with Gasteiger partial charge in [-0.3, -0.25) is 4.79 Å². The Balaban J connectivity index is 1.30. The summed E-state index contributed by atoms with van der Waals surface area (Å²) in [4.78, 5) is 15.9. The van der Waals surface area contributed by atoms with Gasteiger partial charge in [-0.2, -0.15) is 0 Å². The molecule has 0 saturated heterocycles. The van der Waals surface area contributed by atoms with Crippen molar-refractivity contribution in [2.24, 2.45) is 17.3 Å². The van der Waals surface area contributed by atoms with Crippen LogP contribution in [0, 0.1) is 17.3 Å². The molecule has 1 unspecified atom stereocenters. The lowest BCUT2D eigenvalue weighted by Crippen LogP contribution is -2.49. The Kier molecular flexibility index (Phi) is 7.34. The Morgan fingerprint density at radius 3 is 2.77 bits per heavy atom. The van der Waals surface area contributed by atoms with Crippen LogP contribution in [-0.4, -0.2) is 50.5 Å². The van der Waals surface area contributed by atoms with Crippen molar-refractivity contribution in [2.75, 3.05) is 24.6 Å². The minimum Gasteiger partial charge on any atom is -0.490 e. The second kappa shape index (κ2) is 10.8. The van der Waals surface area contributed by atoms with E-state index in [2.05, 4.69) is 21.8 Å². The summed E-state index contributed by atoms with van der Waals surface area (Å²) < 4.78 is 36.2. The van der Waals surface area contributed by atoms with Crippen LogP contribution < -0.4 is 14.4 Å². The first-order valence-electron chi connectivity index (χ1n) is 15.8. The van der Waals surface area contributed by atoms with Gasteiger partial charge in [0, 0.05) is 29.1 Å². The predicted molar refractivity (Wildman–Crippen MR) is 168 cm³/mol. The molecule has 2 saturated carbocycles. The highest BCUT2D eigenvalue weighted by Gasteiger charge is 2.47. The minimum atomic E-state index is -3.92. The number of rotatable bonds is 0. The van der Waals surface area contributed by atoms with Crippen LogP contribution in [0.3, 0.4) is 0 Å². The number of anilines is 1. The molecule has 2 heterocycles. The number of sulfonamides is 1. The summed E-state index contributed by atoms with van der Waals surface area (Å²) in [7, 11) is -3.92. The summed E-state index contributed by atoms with van der Waals surface area (Å²) in [5, 5.41) is 11.3. The minimum absolute atomic E-state index is 0.132. The van der Waals surface area contributed by atoms with E-state index < -0.39 is 32.7 Å². The molecular weight excluding hydrogens is 584 g/mol. The molecule has 0 radical (unpaired) electrons. The number of aliphatic hydroxyl groups excluding tert-OH is 1. The molecule has 2 aliphatic heterocycles. The zero-order valence-corrected chi connectivity index (χ0v) is 26.3. The summed E-state index contributed by atoms with van der Waals surface area (Å²) in [6.07, 6.45) is 10.9. The van der Waals surface area contributed by atoms with Gasteiger partial charge >= 0.3 is 0 Å². The zero-order valence-electron chi connectivity index (χ0n) is 24.7. The van der Waals surface area contributed by atoms with Crippen LogP contribution in [0.2, 0.25) is 5.02 Å². The highest BCUT2D eigenvalue weighted by molar-refractivity contribution is 7.90. The number of ether oxygens (including phenoxy) is 1. The number of hydrogen-bond acceptors (Lipinski definition) is 6. The lowest BCUT2D eigenvalue weighted by molar-refractivity contribution is 0.0455. The van der Waals surface area contributed by atoms with Gasteiger partial charge in [0.15, 0.2) is 0 Å². The molecule has 2 aromatic carbocycles. The van der Waals surface area contributed by atoms with Crippen LogP contribution in [0.25, 0.3) is 0 Å². The highest BCUT2D eigenvalue weighted by atomic mass is 35.5. The molecule has 43 heavy (non-hydrogen) atoms.